The van der Waals surface area contributed by atoms with Crippen LogP contribution in [0.25, 0.3) is 0 Å². The van der Waals surface area contributed by atoms with Crippen LogP contribution in [0.3, 0.4) is 0 Å². The van der Waals surface area contributed by atoms with Gasteiger partial charge in [-0.15, -0.1) is 0 Å². The Bertz CT molecular complexity index is 397. The van der Waals surface area contributed by atoms with Gasteiger partial charge in [0, 0.05) is 44.6 Å². The number of nitrogens with zero attached hydrogens (tertiary/aromatic N) is 3. The molecule has 0 radical (unpaired) electrons. The summed E-state index contributed by atoms with van der Waals surface area (Å²) in [7, 11) is 0. The summed E-state index contributed by atoms with van der Waals surface area (Å²) in [6.45, 7) is 4.08. The Balaban J connectivity index is 1.72. The molecule has 1 aliphatic carbocycles. The lowest BCUT2D eigenvalue weighted by atomic mass is 9.95. The van der Waals surface area contributed by atoms with E-state index in [1.54, 1.807) is 12.4 Å². The minimum absolute atomic E-state index is 0.576. The van der Waals surface area contributed by atoms with Crippen molar-refractivity contribution in [3.8, 4) is 0 Å². The van der Waals surface area contributed by atoms with Gasteiger partial charge < -0.3 is 15.5 Å². The number of hydrogen-bond donors (Lipinski definition) is 2. The first-order valence-electron chi connectivity index (χ1n) is 7.47. The molecule has 1 saturated heterocycles. The Labute approximate surface area is 114 Å². The number of piperazine rings is 1. The van der Waals surface area contributed by atoms with Crippen molar-refractivity contribution in [2.24, 2.45) is 0 Å². The summed E-state index contributed by atoms with van der Waals surface area (Å²) < 4.78 is 0. The SMILES string of the molecule is c1cnc(N2CCNCC2)c(NC2CCCCC2)n1. The molecule has 5 heteroatoms. The van der Waals surface area contributed by atoms with E-state index >= 15 is 0 Å². The van der Waals surface area contributed by atoms with Gasteiger partial charge in [0.15, 0.2) is 11.6 Å². The molecule has 1 saturated carbocycles. The highest BCUT2D eigenvalue weighted by molar-refractivity contribution is 5.61. The van der Waals surface area contributed by atoms with E-state index in [0.717, 1.165) is 37.8 Å². The summed E-state index contributed by atoms with van der Waals surface area (Å²) >= 11 is 0. The molecule has 2 N–H and O–H groups in total. The quantitative estimate of drug-likeness (QED) is 0.866. The van der Waals surface area contributed by atoms with Crippen molar-refractivity contribution in [3.05, 3.63) is 12.4 Å². The third kappa shape index (κ3) is 3.15. The van der Waals surface area contributed by atoms with E-state index in [-0.39, 0.29) is 0 Å². The second-order valence-corrected chi connectivity index (χ2v) is 5.44. The summed E-state index contributed by atoms with van der Waals surface area (Å²) in [6.07, 6.45) is 10.2. The maximum Gasteiger partial charge on any atom is 0.171 e. The Hall–Kier alpha value is -1.36. The molecule has 0 aromatic carbocycles. The molecule has 0 amide bonds. The Kier molecular flexibility index (Phi) is 4.13. The fraction of sp³-hybridized carbons (Fsp3) is 0.714. The minimum Gasteiger partial charge on any atom is -0.364 e. The van der Waals surface area contributed by atoms with Crippen molar-refractivity contribution in [2.45, 2.75) is 38.1 Å². The van der Waals surface area contributed by atoms with Gasteiger partial charge in [0.05, 0.1) is 0 Å². The topological polar surface area (TPSA) is 53.1 Å². The summed E-state index contributed by atoms with van der Waals surface area (Å²) in [5, 5.41) is 6.99. The van der Waals surface area contributed by atoms with Gasteiger partial charge in [-0.2, -0.15) is 0 Å². The van der Waals surface area contributed by atoms with Gasteiger partial charge in [0.2, 0.25) is 0 Å². The summed E-state index contributed by atoms with van der Waals surface area (Å²) in [5.41, 5.74) is 0. The third-order valence-corrected chi connectivity index (χ3v) is 4.04. The van der Waals surface area contributed by atoms with Crippen LogP contribution in [0.2, 0.25) is 0 Å². The number of hydrogen-bond acceptors (Lipinski definition) is 5. The maximum absolute atomic E-state index is 4.54. The summed E-state index contributed by atoms with van der Waals surface area (Å²) in [6, 6.07) is 0.576. The molecule has 5 nitrogen and oxygen atoms in total. The van der Waals surface area contributed by atoms with E-state index in [1.165, 1.54) is 32.1 Å². The van der Waals surface area contributed by atoms with Crippen LogP contribution in [0, 0.1) is 0 Å². The normalized spacial score (nSPS) is 21.4. The molecule has 19 heavy (non-hydrogen) atoms. The molecule has 0 bridgehead atoms. The van der Waals surface area contributed by atoms with Crippen molar-refractivity contribution in [2.75, 3.05) is 36.4 Å². The molecule has 1 aromatic heterocycles. The first kappa shape index (κ1) is 12.7. The second kappa shape index (κ2) is 6.19. The lowest BCUT2D eigenvalue weighted by Crippen LogP contribution is -2.44. The lowest BCUT2D eigenvalue weighted by Gasteiger charge is -2.31. The van der Waals surface area contributed by atoms with Crippen LogP contribution in [0.4, 0.5) is 11.6 Å². The van der Waals surface area contributed by atoms with E-state index in [1.807, 2.05) is 0 Å². The van der Waals surface area contributed by atoms with Crippen LogP contribution in [-0.2, 0) is 0 Å². The fourth-order valence-corrected chi connectivity index (χ4v) is 2.98. The smallest absolute Gasteiger partial charge is 0.171 e. The number of rotatable bonds is 3. The van der Waals surface area contributed by atoms with E-state index in [0.29, 0.717) is 6.04 Å². The molecule has 3 rings (SSSR count). The van der Waals surface area contributed by atoms with Gasteiger partial charge in [0.25, 0.3) is 0 Å². The maximum atomic E-state index is 4.54. The first-order chi connectivity index (χ1) is 9.43. The molecule has 1 aliphatic heterocycles. The standard InChI is InChI=1S/C14H23N5/c1-2-4-12(5-3-1)18-13-14(17-7-6-16-13)19-10-8-15-9-11-19/h6-7,12,15H,1-5,8-11H2,(H,16,18). The highest BCUT2D eigenvalue weighted by Crippen LogP contribution is 2.25. The molecule has 2 aliphatic rings. The largest absolute Gasteiger partial charge is 0.364 e. The zero-order valence-electron chi connectivity index (χ0n) is 11.4. The highest BCUT2D eigenvalue weighted by Gasteiger charge is 2.19. The fourth-order valence-electron chi connectivity index (χ4n) is 2.98. The van der Waals surface area contributed by atoms with Crippen LogP contribution in [0.5, 0.6) is 0 Å². The van der Waals surface area contributed by atoms with E-state index in [2.05, 4.69) is 25.5 Å². The number of nitrogens with one attached hydrogen (secondary N) is 2. The van der Waals surface area contributed by atoms with Crippen LogP contribution < -0.4 is 15.5 Å². The monoisotopic (exact) mass is 261 g/mol. The van der Waals surface area contributed by atoms with Crippen molar-refractivity contribution < 1.29 is 0 Å². The molecule has 2 fully saturated rings. The van der Waals surface area contributed by atoms with Gasteiger partial charge in [0.1, 0.15) is 0 Å². The van der Waals surface area contributed by atoms with Gasteiger partial charge in [-0.1, -0.05) is 19.3 Å². The minimum atomic E-state index is 0.576. The second-order valence-electron chi connectivity index (χ2n) is 5.44. The molecular formula is C14H23N5. The van der Waals surface area contributed by atoms with Gasteiger partial charge in [-0.05, 0) is 12.8 Å². The Morgan fingerprint density at radius 3 is 2.58 bits per heavy atom. The molecule has 0 atom stereocenters. The lowest BCUT2D eigenvalue weighted by molar-refractivity contribution is 0.461. The zero-order valence-corrected chi connectivity index (χ0v) is 11.4. The molecule has 2 heterocycles. The van der Waals surface area contributed by atoms with Crippen LogP contribution in [0.15, 0.2) is 12.4 Å². The first-order valence-corrected chi connectivity index (χ1v) is 7.47. The number of anilines is 2. The van der Waals surface area contributed by atoms with Gasteiger partial charge in [-0.3, -0.25) is 0 Å². The predicted octanol–water partition coefficient (Wildman–Crippen LogP) is 1.63. The summed E-state index contributed by atoms with van der Waals surface area (Å²) in [4.78, 5) is 11.4. The van der Waals surface area contributed by atoms with Gasteiger partial charge in [-0.25, -0.2) is 9.97 Å². The van der Waals surface area contributed by atoms with Gasteiger partial charge >= 0.3 is 0 Å². The van der Waals surface area contributed by atoms with Crippen molar-refractivity contribution in [1.29, 1.82) is 0 Å². The number of aromatic nitrogens is 2. The predicted molar refractivity (Wildman–Crippen MR) is 77.6 cm³/mol. The summed E-state index contributed by atoms with van der Waals surface area (Å²) in [5.74, 6) is 1.99. The molecule has 1 aromatic rings. The van der Waals surface area contributed by atoms with E-state index in [4.69, 9.17) is 0 Å². The van der Waals surface area contributed by atoms with E-state index < -0.39 is 0 Å². The Morgan fingerprint density at radius 2 is 1.79 bits per heavy atom. The Morgan fingerprint density at radius 1 is 1.05 bits per heavy atom. The van der Waals surface area contributed by atoms with Crippen LogP contribution in [0.1, 0.15) is 32.1 Å². The molecule has 104 valence electrons. The zero-order chi connectivity index (χ0) is 12.9. The van der Waals surface area contributed by atoms with Crippen molar-refractivity contribution >= 4 is 11.6 Å². The van der Waals surface area contributed by atoms with Crippen molar-refractivity contribution in [3.63, 3.8) is 0 Å². The third-order valence-electron chi connectivity index (χ3n) is 4.04. The highest BCUT2D eigenvalue weighted by atomic mass is 15.3. The van der Waals surface area contributed by atoms with Crippen LogP contribution in [-0.4, -0.2) is 42.2 Å². The average Bonchev–Trinajstić information content (AvgIpc) is 2.50. The average molecular weight is 261 g/mol. The molecular weight excluding hydrogens is 238 g/mol. The van der Waals surface area contributed by atoms with E-state index in [9.17, 15) is 0 Å². The van der Waals surface area contributed by atoms with Crippen molar-refractivity contribution in [1.82, 2.24) is 15.3 Å². The molecule has 0 spiro atoms. The van der Waals surface area contributed by atoms with Crippen LogP contribution >= 0.6 is 0 Å². The molecule has 0 unspecified atom stereocenters.